The molecular formula is C19H23N3O2. The lowest BCUT2D eigenvalue weighted by molar-refractivity contribution is 0.109. The van der Waals surface area contributed by atoms with Gasteiger partial charge in [0.25, 0.3) is 0 Å². The van der Waals surface area contributed by atoms with Gasteiger partial charge in [0.1, 0.15) is 0 Å². The second-order valence-electron chi connectivity index (χ2n) is 6.00. The topological polar surface area (TPSA) is 54.5 Å². The number of rotatable bonds is 4. The summed E-state index contributed by atoms with van der Waals surface area (Å²) in [5.74, 6) is 0. The van der Waals surface area contributed by atoms with E-state index in [1.54, 1.807) is 4.90 Å². The minimum atomic E-state index is -0.238. The van der Waals surface area contributed by atoms with Crippen LogP contribution in [-0.2, 0) is 4.74 Å². The van der Waals surface area contributed by atoms with Gasteiger partial charge >= 0.3 is 6.09 Å². The maximum Gasteiger partial charge on any atom is 0.409 e. The lowest BCUT2D eigenvalue weighted by atomic mass is 9.98. The summed E-state index contributed by atoms with van der Waals surface area (Å²) >= 11 is 0. The van der Waals surface area contributed by atoms with Crippen LogP contribution in [-0.4, -0.2) is 42.2 Å². The van der Waals surface area contributed by atoms with Gasteiger partial charge in [-0.05, 0) is 30.5 Å². The van der Waals surface area contributed by atoms with Crippen LogP contribution in [0.3, 0.4) is 0 Å². The Morgan fingerprint density at radius 1 is 1.17 bits per heavy atom. The zero-order valence-corrected chi connectivity index (χ0v) is 13.9. The zero-order valence-electron chi connectivity index (χ0n) is 13.9. The number of carbonyl (C=O) groups excluding carboxylic acids is 1. The van der Waals surface area contributed by atoms with Crippen LogP contribution in [0.4, 0.5) is 4.79 Å². The van der Waals surface area contributed by atoms with Crippen molar-refractivity contribution in [2.24, 2.45) is 0 Å². The summed E-state index contributed by atoms with van der Waals surface area (Å²) in [5, 5.41) is 3.72. The molecule has 24 heavy (non-hydrogen) atoms. The number of nitrogens with one attached hydrogen (secondary N) is 1. The molecule has 2 aromatic rings. The first-order valence-electron chi connectivity index (χ1n) is 8.32. The van der Waals surface area contributed by atoms with Crippen LogP contribution in [0.5, 0.6) is 0 Å². The molecule has 1 aromatic heterocycles. The number of piperidine rings is 1. The van der Waals surface area contributed by atoms with Crippen LogP contribution in [0.25, 0.3) is 0 Å². The van der Waals surface area contributed by atoms with Crippen LogP contribution in [0, 0.1) is 0 Å². The highest BCUT2D eigenvalue weighted by atomic mass is 16.5. The standard InChI is InChI=1S/C19H23N3O2/c1-24-19(23)22-13-10-16(11-14-22)21-18(15-7-3-2-4-8-15)17-9-5-6-12-20-17/h2-9,12,16,18,21H,10-11,13-14H2,1H3/t18-/m0/s1. The molecule has 1 saturated heterocycles. The molecule has 1 amide bonds. The normalized spacial score (nSPS) is 16.6. The van der Waals surface area contributed by atoms with Gasteiger partial charge in [0, 0.05) is 25.3 Å². The van der Waals surface area contributed by atoms with Crippen molar-refractivity contribution in [3.05, 3.63) is 66.0 Å². The van der Waals surface area contributed by atoms with Gasteiger partial charge in [0.15, 0.2) is 0 Å². The van der Waals surface area contributed by atoms with Crippen LogP contribution < -0.4 is 5.32 Å². The molecule has 1 aliphatic rings. The summed E-state index contributed by atoms with van der Waals surface area (Å²) < 4.78 is 4.80. The zero-order chi connectivity index (χ0) is 16.8. The molecule has 0 aliphatic carbocycles. The smallest absolute Gasteiger partial charge is 0.409 e. The number of likely N-dealkylation sites (tertiary alicyclic amines) is 1. The van der Waals surface area contributed by atoms with Gasteiger partial charge in [-0.25, -0.2) is 4.79 Å². The number of methoxy groups -OCH3 is 1. The van der Waals surface area contributed by atoms with E-state index in [9.17, 15) is 4.79 Å². The maximum absolute atomic E-state index is 11.6. The van der Waals surface area contributed by atoms with Gasteiger partial charge < -0.3 is 15.0 Å². The van der Waals surface area contributed by atoms with Crippen molar-refractivity contribution in [3.8, 4) is 0 Å². The minimum absolute atomic E-state index is 0.0575. The molecule has 0 unspecified atom stereocenters. The van der Waals surface area contributed by atoms with Gasteiger partial charge in [-0.1, -0.05) is 36.4 Å². The third kappa shape index (κ3) is 3.92. The molecule has 3 rings (SSSR count). The van der Waals surface area contributed by atoms with E-state index in [-0.39, 0.29) is 12.1 Å². The van der Waals surface area contributed by atoms with Crippen LogP contribution in [0.1, 0.15) is 30.1 Å². The molecule has 1 aromatic carbocycles. The molecule has 0 bridgehead atoms. The summed E-state index contributed by atoms with van der Waals surface area (Å²) in [6.07, 6.45) is 3.40. The number of ether oxygens (including phenoxy) is 1. The fourth-order valence-corrected chi connectivity index (χ4v) is 3.14. The summed E-state index contributed by atoms with van der Waals surface area (Å²) in [4.78, 5) is 17.9. The predicted octanol–water partition coefficient (Wildman–Crippen LogP) is 2.99. The van der Waals surface area contributed by atoms with Crippen LogP contribution in [0.2, 0.25) is 0 Å². The summed E-state index contributed by atoms with van der Waals surface area (Å²) in [6, 6.07) is 16.8. The summed E-state index contributed by atoms with van der Waals surface area (Å²) in [6.45, 7) is 1.43. The van der Waals surface area contributed by atoms with Crippen LogP contribution >= 0.6 is 0 Å². The van der Waals surface area contributed by atoms with Crippen LogP contribution in [0.15, 0.2) is 54.7 Å². The van der Waals surface area contributed by atoms with E-state index in [1.807, 2.05) is 42.6 Å². The molecule has 2 heterocycles. The average Bonchev–Trinajstić information content (AvgIpc) is 2.67. The molecule has 126 valence electrons. The lowest BCUT2D eigenvalue weighted by Gasteiger charge is -2.33. The number of nitrogens with zero attached hydrogens (tertiary/aromatic N) is 2. The molecule has 0 saturated carbocycles. The molecular weight excluding hydrogens is 302 g/mol. The third-order valence-electron chi connectivity index (χ3n) is 4.45. The molecule has 1 aliphatic heterocycles. The number of hydrogen-bond acceptors (Lipinski definition) is 4. The number of aromatic nitrogens is 1. The Morgan fingerprint density at radius 2 is 1.88 bits per heavy atom. The number of carbonyl (C=O) groups is 1. The summed E-state index contributed by atoms with van der Waals surface area (Å²) in [5.41, 5.74) is 2.21. The van der Waals surface area contributed by atoms with Gasteiger partial charge in [-0.2, -0.15) is 0 Å². The summed E-state index contributed by atoms with van der Waals surface area (Å²) in [7, 11) is 1.43. The number of benzene rings is 1. The van der Waals surface area contributed by atoms with Crippen molar-refractivity contribution < 1.29 is 9.53 Å². The monoisotopic (exact) mass is 325 g/mol. The number of amides is 1. The minimum Gasteiger partial charge on any atom is -0.453 e. The first-order chi connectivity index (χ1) is 11.8. The second kappa shape index (κ2) is 7.93. The van der Waals surface area contributed by atoms with Crippen molar-refractivity contribution in [1.82, 2.24) is 15.2 Å². The first-order valence-corrected chi connectivity index (χ1v) is 8.32. The predicted molar refractivity (Wildman–Crippen MR) is 92.7 cm³/mol. The Kier molecular flexibility index (Phi) is 5.43. The highest BCUT2D eigenvalue weighted by Gasteiger charge is 2.26. The average molecular weight is 325 g/mol. The van der Waals surface area contributed by atoms with E-state index >= 15 is 0 Å². The van der Waals surface area contributed by atoms with E-state index in [2.05, 4.69) is 22.4 Å². The Morgan fingerprint density at radius 3 is 2.50 bits per heavy atom. The molecule has 1 N–H and O–H groups in total. The SMILES string of the molecule is COC(=O)N1CCC(N[C@@H](c2ccccc2)c2ccccn2)CC1. The van der Waals surface area contributed by atoms with E-state index in [0.717, 1.165) is 18.5 Å². The molecule has 0 spiro atoms. The Bertz CT molecular complexity index is 601. The fourth-order valence-electron chi connectivity index (χ4n) is 3.14. The Labute approximate surface area is 142 Å². The largest absolute Gasteiger partial charge is 0.453 e. The first kappa shape index (κ1) is 16.5. The molecule has 5 nitrogen and oxygen atoms in total. The lowest BCUT2D eigenvalue weighted by Crippen LogP contribution is -2.46. The van der Waals surface area contributed by atoms with E-state index in [1.165, 1.54) is 12.7 Å². The second-order valence-corrected chi connectivity index (χ2v) is 6.00. The van der Waals surface area contributed by atoms with Crippen molar-refractivity contribution in [3.63, 3.8) is 0 Å². The van der Waals surface area contributed by atoms with E-state index < -0.39 is 0 Å². The molecule has 1 atom stereocenters. The molecule has 5 heteroatoms. The number of hydrogen-bond donors (Lipinski definition) is 1. The number of pyridine rings is 1. The highest BCUT2D eigenvalue weighted by Crippen LogP contribution is 2.23. The maximum atomic E-state index is 11.6. The van der Waals surface area contributed by atoms with E-state index in [0.29, 0.717) is 19.1 Å². The van der Waals surface area contributed by atoms with Gasteiger partial charge in [0.2, 0.25) is 0 Å². The van der Waals surface area contributed by atoms with Crippen molar-refractivity contribution in [2.75, 3.05) is 20.2 Å². The van der Waals surface area contributed by atoms with Crippen molar-refractivity contribution in [1.29, 1.82) is 0 Å². The Hall–Kier alpha value is -2.40. The van der Waals surface area contributed by atoms with E-state index in [4.69, 9.17) is 4.74 Å². The van der Waals surface area contributed by atoms with Gasteiger partial charge in [0.05, 0.1) is 18.8 Å². The Balaban J connectivity index is 1.71. The molecule has 0 radical (unpaired) electrons. The fraction of sp³-hybridized carbons (Fsp3) is 0.368. The van der Waals surface area contributed by atoms with Gasteiger partial charge in [-0.15, -0.1) is 0 Å². The highest BCUT2D eigenvalue weighted by molar-refractivity contribution is 5.67. The third-order valence-corrected chi connectivity index (χ3v) is 4.45. The van der Waals surface area contributed by atoms with Crippen molar-refractivity contribution >= 4 is 6.09 Å². The molecule has 1 fully saturated rings. The quantitative estimate of drug-likeness (QED) is 0.939. The van der Waals surface area contributed by atoms with Gasteiger partial charge in [-0.3, -0.25) is 4.98 Å². The van der Waals surface area contributed by atoms with Crippen molar-refractivity contribution in [2.45, 2.75) is 24.9 Å².